The van der Waals surface area contributed by atoms with Gasteiger partial charge in [0.05, 0.1) is 0 Å². The van der Waals surface area contributed by atoms with Crippen LogP contribution in [0.3, 0.4) is 0 Å². The van der Waals surface area contributed by atoms with Crippen LogP contribution < -0.4 is 10.6 Å². The van der Waals surface area contributed by atoms with E-state index in [4.69, 9.17) is 5.73 Å². The van der Waals surface area contributed by atoms with Gasteiger partial charge < -0.3 is 10.6 Å². The van der Waals surface area contributed by atoms with E-state index in [0.29, 0.717) is 12.1 Å². The molecule has 2 N–H and O–H groups in total. The maximum absolute atomic E-state index is 6.01. The predicted molar refractivity (Wildman–Crippen MR) is 79.3 cm³/mol. The summed E-state index contributed by atoms with van der Waals surface area (Å²) in [5.41, 5.74) is 7.13. The van der Waals surface area contributed by atoms with E-state index >= 15 is 0 Å². The maximum atomic E-state index is 6.01. The highest BCUT2D eigenvalue weighted by molar-refractivity contribution is 5.40. The van der Waals surface area contributed by atoms with E-state index < -0.39 is 0 Å². The molecule has 1 saturated carbocycles. The van der Waals surface area contributed by atoms with Crippen LogP contribution in [-0.4, -0.2) is 28.6 Å². The fraction of sp³-hybridized carbons (Fsp3) is 0.733. The summed E-state index contributed by atoms with van der Waals surface area (Å²) in [6.45, 7) is 5.43. The summed E-state index contributed by atoms with van der Waals surface area (Å²) in [6, 6.07) is 3.14. The number of hydrogen-bond donors (Lipinski definition) is 1. The maximum Gasteiger partial charge on any atom is 0.132 e. The minimum absolute atomic E-state index is 0.399. The Morgan fingerprint density at radius 3 is 2.58 bits per heavy atom. The van der Waals surface area contributed by atoms with Gasteiger partial charge >= 0.3 is 0 Å². The molecule has 0 saturated heterocycles. The van der Waals surface area contributed by atoms with Crippen LogP contribution >= 0.6 is 0 Å². The lowest BCUT2D eigenvalue weighted by atomic mass is 9.90. The Bertz CT molecular complexity index is 385. The van der Waals surface area contributed by atoms with Crippen molar-refractivity contribution in [1.82, 2.24) is 9.97 Å². The first-order chi connectivity index (χ1) is 9.24. The summed E-state index contributed by atoms with van der Waals surface area (Å²) < 4.78 is 0. The number of anilines is 1. The second kappa shape index (κ2) is 6.85. The molecule has 4 heteroatoms. The molecule has 0 aliphatic heterocycles. The van der Waals surface area contributed by atoms with E-state index in [1.54, 1.807) is 6.33 Å². The van der Waals surface area contributed by atoms with Crippen LogP contribution in [0.25, 0.3) is 0 Å². The molecule has 0 unspecified atom stereocenters. The van der Waals surface area contributed by atoms with Crippen molar-refractivity contribution < 1.29 is 0 Å². The molecule has 2 rings (SSSR count). The number of nitrogens with two attached hydrogens (primary N) is 1. The minimum atomic E-state index is 0.399. The van der Waals surface area contributed by atoms with Gasteiger partial charge in [0.25, 0.3) is 0 Å². The lowest BCUT2D eigenvalue weighted by molar-refractivity contribution is 0.374. The molecule has 1 aromatic rings. The van der Waals surface area contributed by atoms with E-state index in [0.717, 1.165) is 43.7 Å². The first-order valence-corrected chi connectivity index (χ1v) is 7.57. The average molecular weight is 262 g/mol. The average Bonchev–Trinajstić information content (AvgIpc) is 2.46. The van der Waals surface area contributed by atoms with Crippen LogP contribution in [0, 0.1) is 0 Å². The van der Waals surface area contributed by atoms with Gasteiger partial charge in [-0.3, -0.25) is 0 Å². The quantitative estimate of drug-likeness (QED) is 0.886. The van der Waals surface area contributed by atoms with Gasteiger partial charge in [0.15, 0.2) is 0 Å². The molecule has 1 aliphatic rings. The Kier molecular flexibility index (Phi) is 5.14. The Labute approximate surface area is 116 Å². The van der Waals surface area contributed by atoms with Crippen molar-refractivity contribution in [2.75, 3.05) is 11.4 Å². The van der Waals surface area contributed by atoms with Crippen LogP contribution in [0.5, 0.6) is 0 Å². The summed E-state index contributed by atoms with van der Waals surface area (Å²) in [4.78, 5) is 11.2. The monoisotopic (exact) mass is 262 g/mol. The topological polar surface area (TPSA) is 55.0 Å². The Morgan fingerprint density at radius 1 is 1.21 bits per heavy atom. The second-order valence-electron chi connectivity index (χ2n) is 5.48. The molecule has 1 fully saturated rings. The lowest BCUT2D eigenvalue weighted by Gasteiger charge is -2.36. The zero-order valence-electron chi connectivity index (χ0n) is 12.2. The molecule has 4 nitrogen and oxygen atoms in total. The van der Waals surface area contributed by atoms with Crippen LogP contribution in [0.4, 0.5) is 5.82 Å². The van der Waals surface area contributed by atoms with Crippen molar-refractivity contribution in [1.29, 1.82) is 0 Å². The SMILES string of the molecule is CCCN(c1cc(CC)ncn1)C1CCC(N)CC1. The smallest absolute Gasteiger partial charge is 0.132 e. The number of nitrogens with zero attached hydrogens (tertiary/aromatic N) is 3. The van der Waals surface area contributed by atoms with Gasteiger partial charge in [0.2, 0.25) is 0 Å². The highest BCUT2D eigenvalue weighted by Crippen LogP contribution is 2.26. The fourth-order valence-corrected chi connectivity index (χ4v) is 2.87. The van der Waals surface area contributed by atoms with Crippen LogP contribution in [-0.2, 0) is 6.42 Å². The van der Waals surface area contributed by atoms with Crippen molar-refractivity contribution in [3.63, 3.8) is 0 Å². The normalized spacial score (nSPS) is 23.3. The molecule has 1 aromatic heterocycles. The third-order valence-electron chi connectivity index (χ3n) is 4.01. The number of aryl methyl sites for hydroxylation is 1. The molecule has 0 radical (unpaired) electrons. The lowest BCUT2D eigenvalue weighted by Crippen LogP contribution is -2.41. The third-order valence-corrected chi connectivity index (χ3v) is 4.01. The Morgan fingerprint density at radius 2 is 1.95 bits per heavy atom. The molecule has 106 valence electrons. The van der Waals surface area contributed by atoms with Crippen molar-refractivity contribution in [3.8, 4) is 0 Å². The number of rotatable bonds is 5. The zero-order valence-corrected chi connectivity index (χ0v) is 12.2. The van der Waals surface area contributed by atoms with Gasteiger partial charge in [-0.15, -0.1) is 0 Å². The van der Waals surface area contributed by atoms with E-state index in [-0.39, 0.29) is 0 Å². The first-order valence-electron chi connectivity index (χ1n) is 7.57. The number of hydrogen-bond acceptors (Lipinski definition) is 4. The fourth-order valence-electron chi connectivity index (χ4n) is 2.87. The minimum Gasteiger partial charge on any atom is -0.354 e. The molecule has 0 bridgehead atoms. The molecule has 1 aliphatic carbocycles. The van der Waals surface area contributed by atoms with E-state index in [1.165, 1.54) is 12.8 Å². The number of aromatic nitrogens is 2. The molecule has 0 aromatic carbocycles. The standard InChI is InChI=1S/C15H26N4/c1-3-9-19(14-7-5-12(16)6-8-14)15-10-13(4-2)17-11-18-15/h10-12,14H,3-9,16H2,1-2H3. The van der Waals surface area contributed by atoms with Gasteiger partial charge in [0.1, 0.15) is 12.1 Å². The van der Waals surface area contributed by atoms with Gasteiger partial charge in [-0.05, 0) is 38.5 Å². The van der Waals surface area contributed by atoms with Gasteiger partial charge in [-0.25, -0.2) is 9.97 Å². The van der Waals surface area contributed by atoms with Crippen LogP contribution in [0.1, 0.15) is 51.6 Å². The van der Waals surface area contributed by atoms with Crippen molar-refractivity contribution in [3.05, 3.63) is 18.1 Å². The summed E-state index contributed by atoms with van der Waals surface area (Å²) >= 11 is 0. The summed E-state index contributed by atoms with van der Waals surface area (Å²) in [7, 11) is 0. The highest BCUT2D eigenvalue weighted by atomic mass is 15.2. The van der Waals surface area contributed by atoms with Crippen molar-refractivity contribution >= 4 is 5.82 Å². The summed E-state index contributed by atoms with van der Waals surface area (Å²) in [6.07, 6.45) is 8.46. The van der Waals surface area contributed by atoms with Crippen LogP contribution in [0.15, 0.2) is 12.4 Å². The predicted octanol–water partition coefficient (Wildman–Crippen LogP) is 2.53. The van der Waals surface area contributed by atoms with E-state index in [1.807, 2.05) is 0 Å². The van der Waals surface area contributed by atoms with Crippen molar-refractivity contribution in [2.45, 2.75) is 64.5 Å². The molecular formula is C15H26N4. The van der Waals surface area contributed by atoms with Gasteiger partial charge in [-0.1, -0.05) is 13.8 Å². The second-order valence-corrected chi connectivity index (χ2v) is 5.48. The van der Waals surface area contributed by atoms with E-state index in [2.05, 4.69) is 34.8 Å². The third kappa shape index (κ3) is 3.66. The van der Waals surface area contributed by atoms with Gasteiger partial charge in [-0.2, -0.15) is 0 Å². The molecular weight excluding hydrogens is 236 g/mol. The Balaban J connectivity index is 2.14. The molecule has 19 heavy (non-hydrogen) atoms. The molecule has 0 spiro atoms. The highest BCUT2D eigenvalue weighted by Gasteiger charge is 2.24. The zero-order chi connectivity index (χ0) is 13.7. The molecule has 0 amide bonds. The first kappa shape index (κ1) is 14.3. The molecule has 1 heterocycles. The van der Waals surface area contributed by atoms with Crippen molar-refractivity contribution in [2.24, 2.45) is 5.73 Å². The van der Waals surface area contributed by atoms with E-state index in [9.17, 15) is 0 Å². The summed E-state index contributed by atoms with van der Waals surface area (Å²) in [5.74, 6) is 1.09. The Hall–Kier alpha value is -1.16. The van der Waals surface area contributed by atoms with Crippen LogP contribution in [0.2, 0.25) is 0 Å². The molecule has 0 atom stereocenters. The largest absolute Gasteiger partial charge is 0.354 e. The van der Waals surface area contributed by atoms with Gasteiger partial charge in [0, 0.05) is 30.4 Å². The summed E-state index contributed by atoms with van der Waals surface area (Å²) in [5, 5.41) is 0.